The molecular formula is C20H25N3O2. The number of likely N-dealkylation sites (tertiary alicyclic amines) is 1. The van der Waals surface area contributed by atoms with Gasteiger partial charge in [-0.15, -0.1) is 0 Å². The third-order valence-electron chi connectivity index (χ3n) is 5.00. The first-order chi connectivity index (χ1) is 12.3. The topological polar surface area (TPSA) is 54.5 Å². The third kappa shape index (κ3) is 3.41. The monoisotopic (exact) mass is 339 g/mol. The smallest absolute Gasteiger partial charge is 0.223 e. The summed E-state index contributed by atoms with van der Waals surface area (Å²) in [6.07, 6.45) is 5.82. The molecule has 5 nitrogen and oxygen atoms in total. The van der Waals surface area contributed by atoms with Gasteiger partial charge in [-0.2, -0.15) is 0 Å². The Labute approximate surface area is 148 Å². The van der Waals surface area contributed by atoms with Crippen LogP contribution in [0, 0.1) is 5.92 Å². The van der Waals surface area contributed by atoms with E-state index in [-0.39, 0.29) is 0 Å². The second kappa shape index (κ2) is 6.90. The second-order valence-corrected chi connectivity index (χ2v) is 7.09. The Morgan fingerprint density at radius 2 is 2.20 bits per heavy atom. The van der Waals surface area contributed by atoms with Crippen molar-refractivity contribution in [1.29, 1.82) is 0 Å². The maximum atomic E-state index is 12.1. The predicted octanol–water partition coefficient (Wildman–Crippen LogP) is 3.45. The lowest BCUT2D eigenvalue weighted by atomic mass is 10.1. The summed E-state index contributed by atoms with van der Waals surface area (Å²) in [6, 6.07) is 8.57. The van der Waals surface area contributed by atoms with Crippen LogP contribution < -0.4 is 10.1 Å². The molecule has 4 rings (SSSR count). The molecule has 1 aliphatic heterocycles. The first kappa shape index (κ1) is 16.2. The van der Waals surface area contributed by atoms with E-state index >= 15 is 0 Å². The largest absolute Gasteiger partial charge is 0.491 e. The van der Waals surface area contributed by atoms with Gasteiger partial charge in [0.1, 0.15) is 11.3 Å². The van der Waals surface area contributed by atoms with Crippen molar-refractivity contribution in [1.82, 2.24) is 9.88 Å². The minimum atomic E-state index is 0.323. The maximum Gasteiger partial charge on any atom is 0.223 e. The summed E-state index contributed by atoms with van der Waals surface area (Å²) in [5.41, 5.74) is 1.95. The highest BCUT2D eigenvalue weighted by molar-refractivity contribution is 5.94. The molecule has 2 heterocycles. The van der Waals surface area contributed by atoms with Gasteiger partial charge in [0.2, 0.25) is 5.91 Å². The van der Waals surface area contributed by atoms with E-state index in [0.717, 1.165) is 41.9 Å². The molecule has 0 unspecified atom stereocenters. The number of aromatic nitrogens is 1. The zero-order valence-electron chi connectivity index (χ0n) is 14.7. The number of amides is 1. The lowest BCUT2D eigenvalue weighted by molar-refractivity contribution is -0.128. The summed E-state index contributed by atoms with van der Waals surface area (Å²) in [4.78, 5) is 18.7. The van der Waals surface area contributed by atoms with Crippen LogP contribution in [0.4, 0.5) is 5.69 Å². The van der Waals surface area contributed by atoms with Crippen molar-refractivity contribution in [3.05, 3.63) is 30.5 Å². The van der Waals surface area contributed by atoms with Gasteiger partial charge in [0, 0.05) is 48.7 Å². The molecule has 0 spiro atoms. The molecule has 5 heteroatoms. The van der Waals surface area contributed by atoms with Gasteiger partial charge in [0.25, 0.3) is 0 Å². The van der Waals surface area contributed by atoms with Crippen LogP contribution in [0.1, 0.15) is 32.6 Å². The van der Waals surface area contributed by atoms with Gasteiger partial charge in [0.15, 0.2) is 0 Å². The summed E-state index contributed by atoms with van der Waals surface area (Å²) in [7, 11) is 0. The molecular weight excluding hydrogens is 314 g/mol. The fraction of sp³-hybridized carbons (Fsp3) is 0.500. The molecule has 25 heavy (non-hydrogen) atoms. The summed E-state index contributed by atoms with van der Waals surface area (Å²) < 4.78 is 5.82. The molecule has 1 aromatic carbocycles. The highest BCUT2D eigenvalue weighted by Gasteiger charge is 2.39. The van der Waals surface area contributed by atoms with Gasteiger partial charge < -0.3 is 15.0 Å². The second-order valence-electron chi connectivity index (χ2n) is 7.09. The van der Waals surface area contributed by atoms with E-state index in [1.165, 1.54) is 12.8 Å². The Bertz CT molecular complexity index is 773. The van der Waals surface area contributed by atoms with Crippen molar-refractivity contribution in [2.24, 2.45) is 5.92 Å². The van der Waals surface area contributed by atoms with Gasteiger partial charge in [0.05, 0.1) is 6.61 Å². The van der Waals surface area contributed by atoms with E-state index < -0.39 is 0 Å². The number of benzene rings is 1. The van der Waals surface area contributed by atoms with Gasteiger partial charge in [-0.25, -0.2) is 0 Å². The molecule has 0 radical (unpaired) electrons. The number of carbonyl (C=O) groups excluding carboxylic acids is 1. The van der Waals surface area contributed by atoms with Crippen LogP contribution in [0.2, 0.25) is 0 Å². The molecule has 1 amide bonds. The van der Waals surface area contributed by atoms with Gasteiger partial charge in [-0.3, -0.25) is 9.78 Å². The molecule has 1 aliphatic carbocycles. The van der Waals surface area contributed by atoms with E-state index in [1.54, 1.807) is 0 Å². The van der Waals surface area contributed by atoms with Crippen molar-refractivity contribution < 1.29 is 9.53 Å². The van der Waals surface area contributed by atoms with E-state index in [2.05, 4.69) is 28.2 Å². The van der Waals surface area contributed by atoms with Crippen LogP contribution in [-0.4, -0.2) is 41.5 Å². The fourth-order valence-electron chi connectivity index (χ4n) is 3.57. The normalized spacial score (nSPS) is 20.3. The number of nitrogens with one attached hydrogen (secondary N) is 1. The highest BCUT2D eigenvalue weighted by atomic mass is 16.5. The zero-order valence-corrected chi connectivity index (χ0v) is 14.7. The number of carbonyl (C=O) groups is 1. The molecule has 0 bridgehead atoms. The Morgan fingerprint density at radius 3 is 3.00 bits per heavy atom. The minimum absolute atomic E-state index is 0.323. The van der Waals surface area contributed by atoms with Crippen molar-refractivity contribution in [2.75, 3.05) is 25.0 Å². The number of ether oxygens (including phenoxy) is 1. The van der Waals surface area contributed by atoms with E-state index in [0.29, 0.717) is 30.9 Å². The molecule has 1 aromatic heterocycles. The third-order valence-corrected chi connectivity index (χ3v) is 5.00. The van der Waals surface area contributed by atoms with Gasteiger partial charge in [-0.05, 0) is 31.4 Å². The zero-order chi connectivity index (χ0) is 17.2. The van der Waals surface area contributed by atoms with E-state index in [4.69, 9.17) is 4.74 Å². The Kier molecular flexibility index (Phi) is 4.47. The van der Waals surface area contributed by atoms with Crippen LogP contribution in [0.25, 0.3) is 10.9 Å². The molecule has 2 aromatic rings. The number of anilines is 1. The van der Waals surface area contributed by atoms with Crippen LogP contribution >= 0.6 is 0 Å². The van der Waals surface area contributed by atoms with E-state index in [1.807, 2.05) is 24.4 Å². The Balaban J connectivity index is 1.47. The first-order valence-corrected chi connectivity index (χ1v) is 9.30. The van der Waals surface area contributed by atoms with Crippen LogP contribution in [0.15, 0.2) is 30.5 Å². The standard InChI is InChI=1S/C20H25N3O2/c1-2-10-25-18-5-3-4-16-17(8-9-21-20(16)18)22-12-14-11-19(24)23(13-14)15-6-7-15/h3-5,8-9,14-15H,2,6-7,10-13H2,1H3,(H,21,22)/t14-/m0/s1. The Hall–Kier alpha value is -2.30. The maximum absolute atomic E-state index is 12.1. The van der Waals surface area contributed by atoms with Gasteiger partial charge >= 0.3 is 0 Å². The average Bonchev–Trinajstić information content (AvgIpc) is 3.41. The van der Waals surface area contributed by atoms with Crippen LogP contribution in [-0.2, 0) is 4.79 Å². The summed E-state index contributed by atoms with van der Waals surface area (Å²) >= 11 is 0. The number of hydrogen-bond donors (Lipinski definition) is 1. The molecule has 2 fully saturated rings. The molecule has 1 atom stereocenters. The lowest BCUT2D eigenvalue weighted by Gasteiger charge is -2.17. The fourth-order valence-corrected chi connectivity index (χ4v) is 3.57. The average molecular weight is 339 g/mol. The van der Waals surface area contributed by atoms with Gasteiger partial charge in [-0.1, -0.05) is 19.1 Å². The van der Waals surface area contributed by atoms with Crippen molar-refractivity contribution in [2.45, 2.75) is 38.6 Å². The summed E-state index contributed by atoms with van der Waals surface area (Å²) in [6.45, 7) is 4.50. The predicted molar refractivity (Wildman–Crippen MR) is 98.9 cm³/mol. The lowest BCUT2D eigenvalue weighted by Crippen LogP contribution is -2.28. The SMILES string of the molecule is CCCOc1cccc2c(NC[C@@H]3CC(=O)N(C4CC4)C3)ccnc12. The first-order valence-electron chi connectivity index (χ1n) is 9.30. The molecule has 2 aliphatic rings. The Morgan fingerprint density at radius 1 is 1.32 bits per heavy atom. The number of para-hydroxylation sites is 1. The molecule has 1 N–H and O–H groups in total. The van der Waals surface area contributed by atoms with Crippen molar-refractivity contribution in [3.8, 4) is 5.75 Å². The van der Waals surface area contributed by atoms with Crippen molar-refractivity contribution >= 4 is 22.5 Å². The molecule has 1 saturated heterocycles. The summed E-state index contributed by atoms with van der Waals surface area (Å²) in [5.74, 6) is 1.54. The minimum Gasteiger partial charge on any atom is -0.491 e. The number of nitrogens with zero attached hydrogens (tertiary/aromatic N) is 2. The van der Waals surface area contributed by atoms with E-state index in [9.17, 15) is 4.79 Å². The van der Waals surface area contributed by atoms with Crippen LogP contribution in [0.5, 0.6) is 5.75 Å². The van der Waals surface area contributed by atoms with Crippen molar-refractivity contribution in [3.63, 3.8) is 0 Å². The number of pyridine rings is 1. The molecule has 132 valence electrons. The number of fused-ring (bicyclic) bond motifs is 1. The number of hydrogen-bond acceptors (Lipinski definition) is 4. The summed E-state index contributed by atoms with van der Waals surface area (Å²) in [5, 5.41) is 4.61. The van der Waals surface area contributed by atoms with Crippen LogP contribution in [0.3, 0.4) is 0 Å². The number of rotatable bonds is 7. The molecule has 1 saturated carbocycles. The quantitative estimate of drug-likeness (QED) is 0.839. The highest BCUT2D eigenvalue weighted by Crippen LogP contribution is 2.33.